The summed E-state index contributed by atoms with van der Waals surface area (Å²) in [6.45, 7) is 3.09. The second kappa shape index (κ2) is 5.44. The quantitative estimate of drug-likeness (QED) is 0.897. The van der Waals surface area contributed by atoms with Crippen LogP contribution in [0.2, 0.25) is 0 Å². The van der Waals surface area contributed by atoms with Gasteiger partial charge in [0.25, 0.3) is 0 Å². The molecule has 1 aliphatic rings. The van der Waals surface area contributed by atoms with Gasteiger partial charge in [-0.25, -0.2) is 4.98 Å². The Labute approximate surface area is 108 Å². The van der Waals surface area contributed by atoms with Crippen molar-refractivity contribution in [3.05, 3.63) is 18.2 Å². The van der Waals surface area contributed by atoms with Crippen molar-refractivity contribution in [3.8, 4) is 0 Å². The topological polar surface area (TPSA) is 43.8 Å². The first-order chi connectivity index (χ1) is 8.17. The van der Waals surface area contributed by atoms with Crippen LogP contribution in [-0.2, 0) is 6.54 Å². The van der Waals surface area contributed by atoms with E-state index in [-0.39, 0.29) is 6.04 Å². The molecule has 0 saturated heterocycles. The summed E-state index contributed by atoms with van der Waals surface area (Å²) in [6, 6.07) is 0.0694. The van der Waals surface area contributed by atoms with Crippen molar-refractivity contribution >= 4 is 11.8 Å². The van der Waals surface area contributed by atoms with Gasteiger partial charge in [0.2, 0.25) is 0 Å². The molecular formula is C13H23N3S. The second-order valence-corrected chi connectivity index (χ2v) is 6.46. The third kappa shape index (κ3) is 2.86. The van der Waals surface area contributed by atoms with Crippen molar-refractivity contribution in [3.63, 3.8) is 0 Å². The minimum atomic E-state index is 0.0694. The number of imidazole rings is 1. The largest absolute Gasteiger partial charge is 0.332 e. The molecular weight excluding hydrogens is 230 g/mol. The number of aromatic nitrogens is 2. The monoisotopic (exact) mass is 253 g/mol. The van der Waals surface area contributed by atoms with Crippen molar-refractivity contribution in [1.29, 1.82) is 0 Å². The smallest absolute Gasteiger partial charge is 0.0949 e. The van der Waals surface area contributed by atoms with Gasteiger partial charge in [-0.3, -0.25) is 0 Å². The van der Waals surface area contributed by atoms with Crippen LogP contribution in [0.5, 0.6) is 0 Å². The number of thioether (sulfide) groups is 1. The van der Waals surface area contributed by atoms with Crippen molar-refractivity contribution in [2.24, 2.45) is 5.73 Å². The molecule has 1 aliphatic carbocycles. The molecule has 0 aromatic carbocycles. The van der Waals surface area contributed by atoms with Crippen LogP contribution in [0.1, 0.15) is 50.8 Å². The zero-order chi connectivity index (χ0) is 12.3. The number of rotatable bonds is 4. The predicted octanol–water partition coefficient (Wildman–Crippen LogP) is 2.97. The van der Waals surface area contributed by atoms with E-state index in [1.807, 2.05) is 31.2 Å². The minimum Gasteiger partial charge on any atom is -0.332 e. The Morgan fingerprint density at radius 2 is 2.18 bits per heavy atom. The van der Waals surface area contributed by atoms with Gasteiger partial charge in [-0.05, 0) is 26.0 Å². The standard InChI is InChI=1S/C13H23N3S/c1-11(14)12-8-15-10-16(12)9-13(17-2)6-4-3-5-7-13/h8,10-11H,3-7,9,14H2,1-2H3/t11-/m0/s1. The summed E-state index contributed by atoms with van der Waals surface area (Å²) < 4.78 is 2.66. The lowest BCUT2D eigenvalue weighted by atomic mass is 9.88. The van der Waals surface area contributed by atoms with Crippen LogP contribution in [0, 0.1) is 0 Å². The molecule has 0 radical (unpaired) electrons. The molecule has 2 N–H and O–H groups in total. The third-order valence-corrected chi connectivity index (χ3v) is 5.27. The number of nitrogens with two attached hydrogens (primary N) is 1. The fourth-order valence-corrected chi connectivity index (χ4v) is 3.74. The third-order valence-electron chi connectivity index (χ3n) is 3.87. The maximum absolute atomic E-state index is 5.98. The van der Waals surface area contributed by atoms with Crippen LogP contribution in [0.25, 0.3) is 0 Å². The molecule has 1 aromatic rings. The van der Waals surface area contributed by atoms with E-state index in [4.69, 9.17) is 5.73 Å². The van der Waals surface area contributed by atoms with Crippen LogP contribution in [0.4, 0.5) is 0 Å². The van der Waals surface area contributed by atoms with E-state index in [2.05, 4.69) is 15.8 Å². The second-order valence-electron chi connectivity index (χ2n) is 5.18. The van der Waals surface area contributed by atoms with Gasteiger partial charge in [0.1, 0.15) is 0 Å². The highest BCUT2D eigenvalue weighted by molar-refractivity contribution is 8.00. The Morgan fingerprint density at radius 3 is 2.76 bits per heavy atom. The highest BCUT2D eigenvalue weighted by atomic mass is 32.2. The molecule has 4 heteroatoms. The van der Waals surface area contributed by atoms with Crippen LogP contribution in [0.15, 0.2) is 12.5 Å². The molecule has 0 unspecified atom stereocenters. The van der Waals surface area contributed by atoms with Crippen molar-refractivity contribution in [1.82, 2.24) is 9.55 Å². The Morgan fingerprint density at radius 1 is 1.47 bits per heavy atom. The summed E-state index contributed by atoms with van der Waals surface area (Å²) in [5, 5.41) is 0. The van der Waals surface area contributed by atoms with Crippen LogP contribution >= 0.6 is 11.8 Å². The summed E-state index contributed by atoms with van der Waals surface area (Å²) in [6.07, 6.45) is 12.9. The molecule has 17 heavy (non-hydrogen) atoms. The Balaban J connectivity index is 2.14. The van der Waals surface area contributed by atoms with Gasteiger partial charge >= 0.3 is 0 Å². The summed E-state index contributed by atoms with van der Waals surface area (Å²) in [4.78, 5) is 4.25. The summed E-state index contributed by atoms with van der Waals surface area (Å²) >= 11 is 2.02. The van der Waals surface area contributed by atoms with E-state index in [0.717, 1.165) is 12.2 Å². The van der Waals surface area contributed by atoms with Crippen LogP contribution < -0.4 is 5.73 Å². The molecule has 1 saturated carbocycles. The van der Waals surface area contributed by atoms with Gasteiger partial charge in [-0.1, -0.05) is 19.3 Å². The molecule has 0 spiro atoms. The number of hydrogen-bond acceptors (Lipinski definition) is 3. The summed E-state index contributed by atoms with van der Waals surface area (Å²) in [5.74, 6) is 0. The first kappa shape index (κ1) is 13.0. The number of hydrogen-bond donors (Lipinski definition) is 1. The average Bonchev–Trinajstić information content (AvgIpc) is 2.78. The van der Waals surface area contributed by atoms with Crippen LogP contribution in [0.3, 0.4) is 0 Å². The maximum Gasteiger partial charge on any atom is 0.0949 e. The lowest BCUT2D eigenvalue weighted by Gasteiger charge is -2.36. The molecule has 0 aliphatic heterocycles. The van der Waals surface area contributed by atoms with E-state index in [9.17, 15) is 0 Å². The maximum atomic E-state index is 5.98. The zero-order valence-electron chi connectivity index (χ0n) is 10.9. The summed E-state index contributed by atoms with van der Waals surface area (Å²) in [7, 11) is 0. The van der Waals surface area contributed by atoms with E-state index >= 15 is 0 Å². The average molecular weight is 253 g/mol. The molecule has 1 heterocycles. The van der Waals surface area contributed by atoms with E-state index in [1.165, 1.54) is 32.1 Å². The normalized spacial score (nSPS) is 21.4. The highest BCUT2D eigenvalue weighted by Crippen LogP contribution is 2.40. The van der Waals surface area contributed by atoms with Gasteiger partial charge in [-0.2, -0.15) is 11.8 Å². The fourth-order valence-electron chi connectivity index (χ4n) is 2.78. The zero-order valence-corrected chi connectivity index (χ0v) is 11.7. The lowest BCUT2D eigenvalue weighted by molar-refractivity contribution is 0.353. The van der Waals surface area contributed by atoms with E-state index in [1.54, 1.807) is 0 Å². The first-order valence-electron chi connectivity index (χ1n) is 6.48. The molecule has 0 bridgehead atoms. The van der Waals surface area contributed by atoms with Gasteiger partial charge in [0, 0.05) is 23.5 Å². The molecule has 0 amide bonds. The van der Waals surface area contributed by atoms with Gasteiger partial charge < -0.3 is 10.3 Å². The fraction of sp³-hybridized carbons (Fsp3) is 0.769. The highest BCUT2D eigenvalue weighted by Gasteiger charge is 2.32. The summed E-state index contributed by atoms with van der Waals surface area (Å²) in [5.41, 5.74) is 7.14. The van der Waals surface area contributed by atoms with Gasteiger partial charge in [0.05, 0.1) is 12.0 Å². The van der Waals surface area contributed by atoms with E-state index < -0.39 is 0 Å². The predicted molar refractivity (Wildman–Crippen MR) is 74.2 cm³/mol. The first-order valence-corrected chi connectivity index (χ1v) is 7.70. The molecule has 2 rings (SSSR count). The number of nitrogens with zero attached hydrogens (tertiary/aromatic N) is 2. The van der Waals surface area contributed by atoms with Crippen molar-refractivity contribution < 1.29 is 0 Å². The lowest BCUT2D eigenvalue weighted by Crippen LogP contribution is -2.33. The van der Waals surface area contributed by atoms with E-state index in [0.29, 0.717) is 4.75 Å². The molecule has 1 fully saturated rings. The van der Waals surface area contributed by atoms with Gasteiger partial charge in [0.15, 0.2) is 0 Å². The van der Waals surface area contributed by atoms with Crippen molar-refractivity contribution in [2.45, 2.75) is 56.4 Å². The molecule has 3 nitrogen and oxygen atoms in total. The Hall–Kier alpha value is -0.480. The van der Waals surface area contributed by atoms with Gasteiger partial charge in [-0.15, -0.1) is 0 Å². The van der Waals surface area contributed by atoms with Crippen molar-refractivity contribution in [2.75, 3.05) is 6.26 Å². The Kier molecular flexibility index (Phi) is 4.15. The minimum absolute atomic E-state index is 0.0694. The molecule has 96 valence electrons. The SMILES string of the molecule is CSC1(Cn2cncc2[C@H](C)N)CCCCC1. The molecule has 1 atom stereocenters. The Bertz CT molecular complexity index is 353. The van der Waals surface area contributed by atoms with Crippen LogP contribution in [-0.4, -0.2) is 20.6 Å². The molecule has 1 aromatic heterocycles.